The van der Waals surface area contributed by atoms with Gasteiger partial charge >= 0.3 is 0 Å². The lowest BCUT2D eigenvalue weighted by Crippen LogP contribution is -2.45. The summed E-state index contributed by atoms with van der Waals surface area (Å²) in [7, 11) is -3.37. The quantitative estimate of drug-likeness (QED) is 0.900. The first-order chi connectivity index (χ1) is 8.54. The number of hydrogen-bond acceptors (Lipinski definition) is 3. The van der Waals surface area contributed by atoms with Crippen LogP contribution in [0.3, 0.4) is 0 Å². The van der Waals surface area contributed by atoms with Crippen LogP contribution in [-0.4, -0.2) is 31.9 Å². The second-order valence-corrected chi connectivity index (χ2v) is 6.70. The number of rotatable bonds is 3. The Balaban J connectivity index is 2.23. The van der Waals surface area contributed by atoms with Gasteiger partial charge in [0.05, 0.1) is 4.90 Å². The van der Waals surface area contributed by atoms with Gasteiger partial charge in [-0.2, -0.15) is 4.31 Å². The van der Waals surface area contributed by atoms with E-state index in [9.17, 15) is 8.42 Å². The first kappa shape index (κ1) is 13.5. The van der Waals surface area contributed by atoms with Gasteiger partial charge in [-0.1, -0.05) is 19.1 Å². The van der Waals surface area contributed by atoms with E-state index in [1.54, 1.807) is 12.1 Å². The fraction of sp³-hybridized carbons (Fsp3) is 0.538. The summed E-state index contributed by atoms with van der Waals surface area (Å²) in [5, 5.41) is 0. The molecule has 0 bridgehead atoms. The Morgan fingerprint density at radius 1 is 1.33 bits per heavy atom. The first-order valence-electron chi connectivity index (χ1n) is 6.38. The second-order valence-electron chi connectivity index (χ2n) is 4.76. The van der Waals surface area contributed by atoms with E-state index in [1.165, 1.54) is 4.31 Å². The van der Waals surface area contributed by atoms with E-state index < -0.39 is 10.0 Å². The number of nitrogens with zero attached hydrogens (tertiary/aromatic N) is 1. The second kappa shape index (κ2) is 5.38. The summed E-state index contributed by atoms with van der Waals surface area (Å²) in [6, 6.07) is 7.08. The minimum atomic E-state index is -3.37. The Morgan fingerprint density at radius 2 is 2.00 bits per heavy atom. The maximum absolute atomic E-state index is 12.4. The zero-order valence-corrected chi connectivity index (χ0v) is 11.5. The van der Waals surface area contributed by atoms with Crippen LogP contribution in [0.5, 0.6) is 0 Å². The summed E-state index contributed by atoms with van der Waals surface area (Å²) in [6.45, 7) is 3.05. The van der Waals surface area contributed by atoms with Crippen molar-refractivity contribution < 1.29 is 8.42 Å². The van der Waals surface area contributed by atoms with E-state index >= 15 is 0 Å². The molecular weight excluding hydrogens is 248 g/mol. The fourth-order valence-electron chi connectivity index (χ4n) is 2.24. The van der Waals surface area contributed by atoms with Crippen molar-refractivity contribution in [2.24, 2.45) is 5.73 Å². The Bertz CT molecular complexity index is 496. The largest absolute Gasteiger partial charge is 0.327 e. The van der Waals surface area contributed by atoms with Gasteiger partial charge < -0.3 is 5.73 Å². The molecule has 5 heteroatoms. The summed E-state index contributed by atoms with van der Waals surface area (Å²) in [6.07, 6.45) is 2.66. The zero-order valence-electron chi connectivity index (χ0n) is 10.7. The molecule has 2 N–H and O–H groups in total. The molecule has 0 amide bonds. The third-order valence-corrected chi connectivity index (χ3v) is 5.27. The maximum atomic E-state index is 12.4. The molecule has 4 nitrogen and oxygen atoms in total. The normalized spacial score (nSPS) is 22.0. The van der Waals surface area contributed by atoms with Crippen LogP contribution in [0.2, 0.25) is 0 Å². The summed E-state index contributed by atoms with van der Waals surface area (Å²) >= 11 is 0. The molecule has 0 spiro atoms. The van der Waals surface area contributed by atoms with Gasteiger partial charge in [0.2, 0.25) is 10.0 Å². The average molecular weight is 268 g/mol. The number of nitrogens with two attached hydrogens (primary N) is 1. The highest BCUT2D eigenvalue weighted by Crippen LogP contribution is 2.20. The molecular formula is C13H20N2O2S. The molecule has 1 aromatic rings. The van der Waals surface area contributed by atoms with Gasteiger partial charge in [-0.05, 0) is 37.0 Å². The van der Waals surface area contributed by atoms with Crippen molar-refractivity contribution in [3.8, 4) is 0 Å². The lowest BCUT2D eigenvalue weighted by molar-refractivity contribution is 0.316. The molecule has 0 radical (unpaired) electrons. The number of benzene rings is 1. The molecule has 1 aliphatic rings. The topological polar surface area (TPSA) is 63.4 Å². The molecule has 1 heterocycles. The average Bonchev–Trinajstić information content (AvgIpc) is 2.39. The van der Waals surface area contributed by atoms with Crippen LogP contribution in [0.4, 0.5) is 0 Å². The lowest BCUT2D eigenvalue weighted by Gasteiger charge is -2.29. The fourth-order valence-corrected chi connectivity index (χ4v) is 3.77. The summed E-state index contributed by atoms with van der Waals surface area (Å²) in [5.41, 5.74) is 6.98. The van der Waals surface area contributed by atoms with E-state index in [4.69, 9.17) is 5.73 Å². The van der Waals surface area contributed by atoms with Crippen molar-refractivity contribution >= 4 is 10.0 Å². The highest BCUT2D eigenvalue weighted by atomic mass is 32.2. The minimum absolute atomic E-state index is 0.0385. The van der Waals surface area contributed by atoms with Crippen molar-refractivity contribution in [1.29, 1.82) is 0 Å². The molecule has 1 fully saturated rings. The van der Waals surface area contributed by atoms with Crippen molar-refractivity contribution in [3.05, 3.63) is 29.8 Å². The minimum Gasteiger partial charge on any atom is -0.327 e. The van der Waals surface area contributed by atoms with Crippen LogP contribution >= 0.6 is 0 Å². The number of aryl methyl sites for hydroxylation is 1. The molecule has 100 valence electrons. The van der Waals surface area contributed by atoms with E-state index in [1.807, 2.05) is 19.1 Å². The monoisotopic (exact) mass is 268 g/mol. The molecule has 0 aliphatic carbocycles. The van der Waals surface area contributed by atoms with Crippen LogP contribution < -0.4 is 5.73 Å². The molecule has 0 aromatic heterocycles. The van der Waals surface area contributed by atoms with Crippen molar-refractivity contribution in [2.75, 3.05) is 13.1 Å². The van der Waals surface area contributed by atoms with Gasteiger partial charge in [-0.3, -0.25) is 0 Å². The third kappa shape index (κ3) is 2.74. The highest BCUT2D eigenvalue weighted by molar-refractivity contribution is 7.89. The molecule has 1 aromatic carbocycles. The SMILES string of the molecule is CCc1ccc(S(=O)(=O)N2CCCC(N)C2)cc1. The van der Waals surface area contributed by atoms with Crippen molar-refractivity contribution in [3.63, 3.8) is 0 Å². The van der Waals surface area contributed by atoms with Crippen LogP contribution in [-0.2, 0) is 16.4 Å². The van der Waals surface area contributed by atoms with Crippen LogP contribution in [0.15, 0.2) is 29.2 Å². The third-order valence-electron chi connectivity index (χ3n) is 3.39. The molecule has 18 heavy (non-hydrogen) atoms. The van der Waals surface area contributed by atoms with E-state index in [0.29, 0.717) is 18.0 Å². The van der Waals surface area contributed by atoms with Gasteiger partial charge in [0, 0.05) is 19.1 Å². The van der Waals surface area contributed by atoms with Crippen LogP contribution in [0, 0.1) is 0 Å². The molecule has 1 saturated heterocycles. The first-order valence-corrected chi connectivity index (χ1v) is 7.82. The predicted molar refractivity (Wildman–Crippen MR) is 71.8 cm³/mol. The van der Waals surface area contributed by atoms with Gasteiger partial charge in [0.15, 0.2) is 0 Å². The highest BCUT2D eigenvalue weighted by Gasteiger charge is 2.28. The smallest absolute Gasteiger partial charge is 0.243 e. The molecule has 2 rings (SSSR count). The van der Waals surface area contributed by atoms with E-state index in [0.717, 1.165) is 24.8 Å². The summed E-state index contributed by atoms with van der Waals surface area (Å²) in [5.74, 6) is 0. The molecule has 0 saturated carbocycles. The van der Waals surface area contributed by atoms with Crippen molar-refractivity contribution in [1.82, 2.24) is 4.31 Å². The Labute approximate surface area is 109 Å². The van der Waals surface area contributed by atoms with Crippen molar-refractivity contribution in [2.45, 2.75) is 37.1 Å². The zero-order chi connectivity index (χ0) is 13.2. The Kier molecular flexibility index (Phi) is 4.04. The summed E-state index contributed by atoms with van der Waals surface area (Å²) < 4.78 is 26.3. The van der Waals surface area contributed by atoms with E-state index in [-0.39, 0.29) is 6.04 Å². The van der Waals surface area contributed by atoms with Gasteiger partial charge in [0.1, 0.15) is 0 Å². The number of hydrogen-bond donors (Lipinski definition) is 1. The lowest BCUT2D eigenvalue weighted by atomic mass is 10.1. The summed E-state index contributed by atoms with van der Waals surface area (Å²) in [4.78, 5) is 0.369. The molecule has 1 atom stereocenters. The Hall–Kier alpha value is -0.910. The van der Waals surface area contributed by atoms with Gasteiger partial charge in [0.25, 0.3) is 0 Å². The van der Waals surface area contributed by atoms with Gasteiger partial charge in [-0.15, -0.1) is 0 Å². The van der Waals surface area contributed by atoms with Crippen LogP contribution in [0.25, 0.3) is 0 Å². The van der Waals surface area contributed by atoms with E-state index in [2.05, 4.69) is 0 Å². The number of sulfonamides is 1. The van der Waals surface area contributed by atoms with Gasteiger partial charge in [-0.25, -0.2) is 8.42 Å². The molecule has 1 unspecified atom stereocenters. The predicted octanol–water partition coefficient (Wildman–Crippen LogP) is 1.36. The standard InChI is InChI=1S/C13H20N2O2S/c1-2-11-5-7-13(8-6-11)18(16,17)15-9-3-4-12(14)10-15/h5-8,12H,2-4,9-10,14H2,1H3. The Morgan fingerprint density at radius 3 is 2.56 bits per heavy atom. The number of piperidine rings is 1. The maximum Gasteiger partial charge on any atom is 0.243 e. The molecule has 1 aliphatic heterocycles. The van der Waals surface area contributed by atoms with Crippen LogP contribution in [0.1, 0.15) is 25.3 Å².